The highest BCUT2D eigenvalue weighted by Crippen LogP contribution is 2.18. The molecule has 2 heterocycles. The summed E-state index contributed by atoms with van der Waals surface area (Å²) < 4.78 is 20.2. The Morgan fingerprint density at radius 3 is 2.49 bits per heavy atom. The maximum atomic E-state index is 13.2. The van der Waals surface area contributed by atoms with E-state index in [0.717, 1.165) is 43.1 Å². The number of pyridine rings is 1. The zero-order valence-electron chi connectivity index (χ0n) is 19.5. The number of carbonyl (C=O) groups excluding carboxylic acids is 1. The van der Waals surface area contributed by atoms with E-state index in [4.69, 9.17) is 16.3 Å². The van der Waals surface area contributed by atoms with Crippen molar-refractivity contribution >= 4 is 23.2 Å². The first kappa shape index (κ1) is 24.8. The summed E-state index contributed by atoms with van der Waals surface area (Å²) in [4.78, 5) is 29.6. The molecule has 1 fully saturated rings. The number of aromatic nitrogens is 1. The Morgan fingerprint density at radius 2 is 1.80 bits per heavy atom. The first-order valence-corrected chi connectivity index (χ1v) is 11.8. The summed E-state index contributed by atoms with van der Waals surface area (Å²) in [5, 5.41) is 3.48. The van der Waals surface area contributed by atoms with Crippen LogP contribution < -0.4 is 20.4 Å². The minimum Gasteiger partial charge on any atom is -0.491 e. The van der Waals surface area contributed by atoms with E-state index in [9.17, 15) is 14.0 Å². The van der Waals surface area contributed by atoms with Gasteiger partial charge in [0.05, 0.1) is 13.3 Å². The van der Waals surface area contributed by atoms with Crippen molar-refractivity contribution < 1.29 is 13.9 Å². The van der Waals surface area contributed by atoms with Crippen molar-refractivity contribution in [2.75, 3.05) is 38.2 Å². The molecule has 1 aliphatic heterocycles. The fourth-order valence-electron chi connectivity index (χ4n) is 4.12. The van der Waals surface area contributed by atoms with Gasteiger partial charge in [0.25, 0.3) is 0 Å². The van der Waals surface area contributed by atoms with E-state index in [1.807, 2.05) is 18.2 Å². The maximum Gasteiger partial charge on any atom is 0.240 e. The van der Waals surface area contributed by atoms with Crippen LogP contribution in [0.25, 0.3) is 0 Å². The first-order chi connectivity index (χ1) is 16.9. The number of anilines is 1. The summed E-state index contributed by atoms with van der Waals surface area (Å²) in [5.41, 5.74) is 2.33. The minimum atomic E-state index is -0.249. The minimum absolute atomic E-state index is 0.0476. The molecule has 184 valence electrons. The number of hydrogen-bond acceptors (Lipinski definition) is 5. The predicted octanol–water partition coefficient (Wildman–Crippen LogP) is 3.29. The van der Waals surface area contributed by atoms with Gasteiger partial charge in [-0.1, -0.05) is 29.8 Å². The zero-order chi connectivity index (χ0) is 24.8. The molecule has 9 heteroatoms. The van der Waals surface area contributed by atoms with E-state index in [-0.39, 0.29) is 29.4 Å². The largest absolute Gasteiger partial charge is 0.491 e. The van der Waals surface area contributed by atoms with Crippen LogP contribution in [0.1, 0.15) is 11.3 Å². The Labute approximate surface area is 208 Å². The van der Waals surface area contributed by atoms with Gasteiger partial charge in [-0.25, -0.2) is 4.39 Å². The van der Waals surface area contributed by atoms with Crippen molar-refractivity contribution in [3.8, 4) is 5.75 Å². The molecule has 1 N–H and O–H groups in total. The van der Waals surface area contributed by atoms with Gasteiger partial charge in [-0.15, -0.1) is 0 Å². The smallest absolute Gasteiger partial charge is 0.240 e. The summed E-state index contributed by atoms with van der Waals surface area (Å²) in [6.45, 7) is 4.00. The molecule has 0 radical (unpaired) electrons. The molecule has 1 amide bonds. The maximum absolute atomic E-state index is 13.2. The van der Waals surface area contributed by atoms with Crippen LogP contribution in [-0.2, 0) is 24.4 Å². The summed E-state index contributed by atoms with van der Waals surface area (Å²) in [6, 6.07) is 15.4. The third-order valence-electron chi connectivity index (χ3n) is 6.10. The second-order valence-electron chi connectivity index (χ2n) is 8.43. The van der Waals surface area contributed by atoms with Gasteiger partial charge in [-0.05, 0) is 35.9 Å². The van der Waals surface area contributed by atoms with Crippen LogP contribution in [0.15, 0.2) is 65.6 Å². The highest BCUT2D eigenvalue weighted by Gasteiger charge is 2.20. The first-order valence-electron chi connectivity index (χ1n) is 11.4. The van der Waals surface area contributed by atoms with E-state index >= 15 is 0 Å². The van der Waals surface area contributed by atoms with Crippen molar-refractivity contribution in [3.63, 3.8) is 0 Å². The van der Waals surface area contributed by atoms with Crippen LogP contribution in [-0.4, -0.2) is 48.7 Å². The van der Waals surface area contributed by atoms with Crippen molar-refractivity contribution in [1.29, 1.82) is 0 Å². The predicted molar refractivity (Wildman–Crippen MR) is 134 cm³/mol. The van der Waals surface area contributed by atoms with E-state index in [2.05, 4.69) is 15.1 Å². The van der Waals surface area contributed by atoms with E-state index in [1.165, 1.54) is 25.3 Å². The number of halogens is 2. The zero-order valence-corrected chi connectivity index (χ0v) is 20.3. The van der Waals surface area contributed by atoms with Gasteiger partial charge < -0.3 is 19.5 Å². The molecule has 1 aliphatic rings. The second kappa shape index (κ2) is 11.4. The summed E-state index contributed by atoms with van der Waals surface area (Å²) >= 11 is 6.18. The fourth-order valence-corrected chi connectivity index (χ4v) is 4.32. The number of methoxy groups -OCH3 is 1. The average Bonchev–Trinajstić information content (AvgIpc) is 2.86. The van der Waals surface area contributed by atoms with Crippen LogP contribution in [0.3, 0.4) is 0 Å². The normalized spacial score (nSPS) is 14.1. The van der Waals surface area contributed by atoms with E-state index in [1.54, 1.807) is 29.0 Å². The van der Waals surface area contributed by atoms with E-state index < -0.39 is 0 Å². The molecule has 2 aromatic carbocycles. The monoisotopic (exact) mass is 498 g/mol. The highest BCUT2D eigenvalue weighted by atomic mass is 35.5. The SMILES string of the molecule is COc1cn(CC(=O)NCc2ccccc2Cl)c(CN2CCN(c3ccc(F)cc3)CC2)cc1=O. The van der Waals surface area contributed by atoms with Crippen LogP contribution >= 0.6 is 11.6 Å². The summed E-state index contributed by atoms with van der Waals surface area (Å²) in [6.07, 6.45) is 1.58. The average molecular weight is 499 g/mol. The molecule has 0 bridgehead atoms. The molecule has 0 atom stereocenters. The molecular formula is C26H28ClFN4O3. The quantitative estimate of drug-likeness (QED) is 0.516. The third-order valence-corrected chi connectivity index (χ3v) is 6.47. The third kappa shape index (κ3) is 6.41. The number of nitrogens with zero attached hydrogens (tertiary/aromatic N) is 3. The van der Waals surface area contributed by atoms with Gasteiger partial charge in [0, 0.05) is 61.7 Å². The lowest BCUT2D eigenvalue weighted by Gasteiger charge is -2.36. The molecule has 0 aliphatic carbocycles. The number of hydrogen-bond donors (Lipinski definition) is 1. The number of amides is 1. The number of ether oxygens (including phenoxy) is 1. The lowest BCUT2D eigenvalue weighted by Crippen LogP contribution is -2.46. The van der Waals surface area contributed by atoms with Crippen molar-refractivity contribution in [3.05, 3.63) is 93.1 Å². The van der Waals surface area contributed by atoms with Crippen LogP contribution in [0.2, 0.25) is 5.02 Å². The topological polar surface area (TPSA) is 66.8 Å². The molecule has 1 saturated heterocycles. The number of benzene rings is 2. The summed E-state index contributed by atoms with van der Waals surface area (Å²) in [5.74, 6) is -0.257. The Balaban J connectivity index is 1.41. The van der Waals surface area contributed by atoms with Gasteiger partial charge in [-0.3, -0.25) is 14.5 Å². The van der Waals surface area contributed by atoms with Gasteiger partial charge in [0.1, 0.15) is 12.4 Å². The standard InChI is InChI=1S/C26H28ClFN4O3/c1-35-25-17-32(18-26(34)29-15-19-4-2-3-5-23(19)27)22(14-24(25)33)16-30-10-12-31(13-11-30)21-8-6-20(28)7-9-21/h2-9,14,17H,10-13,15-16,18H2,1H3,(H,29,34). The molecule has 1 aromatic heterocycles. The lowest BCUT2D eigenvalue weighted by atomic mass is 10.2. The molecule has 0 unspecified atom stereocenters. The fraction of sp³-hybridized carbons (Fsp3) is 0.308. The number of nitrogens with one attached hydrogen (secondary N) is 1. The van der Waals surface area contributed by atoms with Crippen molar-refractivity contribution in [2.24, 2.45) is 0 Å². The van der Waals surface area contributed by atoms with Crippen LogP contribution in [0.4, 0.5) is 10.1 Å². The molecule has 0 spiro atoms. The number of rotatable bonds is 8. The Kier molecular flexibility index (Phi) is 8.05. The molecule has 7 nitrogen and oxygen atoms in total. The number of piperazine rings is 1. The Hall–Kier alpha value is -3.36. The molecule has 3 aromatic rings. The van der Waals surface area contributed by atoms with Gasteiger partial charge in [0.15, 0.2) is 5.75 Å². The van der Waals surface area contributed by atoms with Crippen LogP contribution in [0.5, 0.6) is 5.75 Å². The second-order valence-corrected chi connectivity index (χ2v) is 8.84. The summed E-state index contributed by atoms with van der Waals surface area (Å²) in [7, 11) is 1.44. The Morgan fingerprint density at radius 1 is 1.09 bits per heavy atom. The molecule has 35 heavy (non-hydrogen) atoms. The Bertz CT molecular complexity index is 1220. The van der Waals surface area contributed by atoms with Crippen LogP contribution in [0, 0.1) is 5.82 Å². The molecule has 4 rings (SSSR count). The number of carbonyl (C=O) groups is 1. The molecular weight excluding hydrogens is 471 g/mol. The van der Waals surface area contributed by atoms with Gasteiger partial charge in [-0.2, -0.15) is 0 Å². The van der Waals surface area contributed by atoms with Gasteiger partial charge in [0.2, 0.25) is 11.3 Å². The van der Waals surface area contributed by atoms with Crippen molar-refractivity contribution in [2.45, 2.75) is 19.6 Å². The molecule has 0 saturated carbocycles. The van der Waals surface area contributed by atoms with E-state index in [0.29, 0.717) is 18.1 Å². The van der Waals surface area contributed by atoms with Crippen molar-refractivity contribution in [1.82, 2.24) is 14.8 Å². The lowest BCUT2D eigenvalue weighted by molar-refractivity contribution is -0.121. The van der Waals surface area contributed by atoms with Gasteiger partial charge >= 0.3 is 0 Å². The highest BCUT2D eigenvalue weighted by molar-refractivity contribution is 6.31.